The molecule has 2 rings (SSSR count). The largest absolute Gasteiger partial charge is 0.373 e. The fourth-order valence-corrected chi connectivity index (χ4v) is 2.41. The lowest BCUT2D eigenvalue weighted by atomic mass is 10.3. The van der Waals surface area contributed by atoms with E-state index in [0.29, 0.717) is 10.7 Å². The van der Waals surface area contributed by atoms with Gasteiger partial charge < -0.3 is 10.6 Å². The summed E-state index contributed by atoms with van der Waals surface area (Å²) in [4.78, 5) is 9.00. The minimum absolute atomic E-state index is 0.292. The molecule has 0 spiro atoms. The molecule has 0 amide bonds. The van der Waals surface area contributed by atoms with Crippen molar-refractivity contribution in [1.82, 2.24) is 9.97 Å². The van der Waals surface area contributed by atoms with Crippen molar-refractivity contribution in [3.63, 3.8) is 0 Å². The number of aromatic nitrogens is 2. The number of nitrogens with one attached hydrogen (secondary N) is 2. The maximum atomic E-state index is 11.4. The zero-order chi connectivity index (χ0) is 15.5. The Bertz CT molecular complexity index is 705. The number of aryl methyl sites for hydroxylation is 1. The van der Waals surface area contributed by atoms with E-state index in [1.54, 1.807) is 37.4 Å². The average molecular weight is 306 g/mol. The van der Waals surface area contributed by atoms with Gasteiger partial charge in [-0.3, -0.25) is 0 Å². The van der Waals surface area contributed by atoms with E-state index in [1.165, 1.54) is 6.26 Å². The minimum Gasteiger partial charge on any atom is -0.373 e. The standard InChI is InChI=1S/C14H18N4O2S/c1-4-12-17-13(15-2)9-14(18-12)16-10-5-7-11(8-6-10)21(3,19)20/h5-9H,4H2,1-3H3,(H2,15,16,17,18). The van der Waals surface area contributed by atoms with Gasteiger partial charge in [0.25, 0.3) is 0 Å². The molecule has 7 heteroatoms. The van der Waals surface area contributed by atoms with Gasteiger partial charge in [-0.2, -0.15) is 0 Å². The molecule has 0 unspecified atom stereocenters. The van der Waals surface area contributed by atoms with Crippen molar-refractivity contribution in [3.05, 3.63) is 36.2 Å². The van der Waals surface area contributed by atoms with Gasteiger partial charge in [0.05, 0.1) is 4.90 Å². The second-order valence-corrected chi connectivity index (χ2v) is 6.60. The highest BCUT2D eigenvalue weighted by Crippen LogP contribution is 2.19. The van der Waals surface area contributed by atoms with Crippen LogP contribution in [0.25, 0.3) is 0 Å². The molecule has 0 aliphatic heterocycles. The molecule has 0 fully saturated rings. The molecule has 2 aromatic rings. The molecule has 2 N–H and O–H groups in total. The minimum atomic E-state index is -3.18. The maximum absolute atomic E-state index is 11.4. The van der Waals surface area contributed by atoms with Crippen LogP contribution in [0, 0.1) is 0 Å². The number of hydrogen-bond donors (Lipinski definition) is 2. The second-order valence-electron chi connectivity index (χ2n) is 4.58. The molecule has 1 heterocycles. The summed E-state index contributed by atoms with van der Waals surface area (Å²) in [7, 11) is -1.38. The third-order valence-electron chi connectivity index (χ3n) is 2.90. The van der Waals surface area contributed by atoms with Crippen LogP contribution in [0.3, 0.4) is 0 Å². The van der Waals surface area contributed by atoms with Gasteiger partial charge in [0, 0.05) is 31.5 Å². The summed E-state index contributed by atoms with van der Waals surface area (Å²) in [6.07, 6.45) is 1.92. The first-order chi connectivity index (χ1) is 9.92. The molecule has 6 nitrogen and oxygen atoms in total. The lowest BCUT2D eigenvalue weighted by molar-refractivity contribution is 0.602. The van der Waals surface area contributed by atoms with E-state index < -0.39 is 9.84 Å². The molecule has 0 saturated carbocycles. The van der Waals surface area contributed by atoms with Crippen molar-refractivity contribution in [2.75, 3.05) is 23.9 Å². The smallest absolute Gasteiger partial charge is 0.175 e. The second kappa shape index (κ2) is 6.09. The predicted molar refractivity (Wildman–Crippen MR) is 83.8 cm³/mol. The van der Waals surface area contributed by atoms with E-state index in [1.807, 2.05) is 6.92 Å². The van der Waals surface area contributed by atoms with E-state index in [-0.39, 0.29) is 0 Å². The van der Waals surface area contributed by atoms with Gasteiger partial charge >= 0.3 is 0 Å². The summed E-state index contributed by atoms with van der Waals surface area (Å²) >= 11 is 0. The Morgan fingerprint density at radius 1 is 1.10 bits per heavy atom. The number of benzene rings is 1. The summed E-state index contributed by atoms with van der Waals surface area (Å²) in [6, 6.07) is 8.35. The van der Waals surface area contributed by atoms with Gasteiger partial charge in [0.1, 0.15) is 17.5 Å². The van der Waals surface area contributed by atoms with Crippen molar-refractivity contribution in [3.8, 4) is 0 Å². The molecule has 0 atom stereocenters. The summed E-state index contributed by atoms with van der Waals surface area (Å²) < 4.78 is 22.8. The van der Waals surface area contributed by atoms with Crippen LogP contribution in [0.15, 0.2) is 35.2 Å². The van der Waals surface area contributed by atoms with Gasteiger partial charge in [-0.15, -0.1) is 0 Å². The molecule has 0 aliphatic rings. The van der Waals surface area contributed by atoms with Crippen molar-refractivity contribution < 1.29 is 8.42 Å². The van der Waals surface area contributed by atoms with Crippen LogP contribution in [-0.2, 0) is 16.3 Å². The number of rotatable bonds is 5. The van der Waals surface area contributed by atoms with Gasteiger partial charge in [-0.05, 0) is 24.3 Å². The van der Waals surface area contributed by atoms with Gasteiger partial charge in [-0.25, -0.2) is 18.4 Å². The van der Waals surface area contributed by atoms with Crippen LogP contribution >= 0.6 is 0 Å². The zero-order valence-corrected chi connectivity index (χ0v) is 13.0. The van der Waals surface area contributed by atoms with Crippen LogP contribution in [0.5, 0.6) is 0 Å². The Morgan fingerprint density at radius 2 is 1.71 bits per heavy atom. The van der Waals surface area contributed by atoms with Crippen LogP contribution in [-0.4, -0.2) is 31.7 Å². The summed E-state index contributed by atoms with van der Waals surface area (Å²) in [6.45, 7) is 1.99. The molecule has 0 radical (unpaired) electrons. The Labute approximate surface area is 124 Å². The van der Waals surface area contributed by atoms with E-state index in [9.17, 15) is 8.42 Å². The Balaban J connectivity index is 2.25. The number of hydrogen-bond acceptors (Lipinski definition) is 6. The highest BCUT2D eigenvalue weighted by Gasteiger charge is 2.07. The van der Waals surface area contributed by atoms with Gasteiger partial charge in [-0.1, -0.05) is 6.92 Å². The molecular formula is C14H18N4O2S. The molecule has 0 saturated heterocycles. The molecule has 0 aliphatic carbocycles. The molecular weight excluding hydrogens is 288 g/mol. The Hall–Kier alpha value is -2.15. The van der Waals surface area contributed by atoms with Crippen molar-refractivity contribution in [1.29, 1.82) is 0 Å². The average Bonchev–Trinajstić information content (AvgIpc) is 2.46. The first-order valence-corrected chi connectivity index (χ1v) is 8.44. The first-order valence-electron chi connectivity index (χ1n) is 6.55. The third-order valence-corrected chi connectivity index (χ3v) is 4.03. The van der Waals surface area contributed by atoms with E-state index in [2.05, 4.69) is 20.6 Å². The Kier molecular flexibility index (Phi) is 4.42. The SMILES string of the molecule is CCc1nc(NC)cc(Nc2ccc(S(C)(=O)=O)cc2)n1. The summed E-state index contributed by atoms with van der Waals surface area (Å²) in [5.41, 5.74) is 0.769. The maximum Gasteiger partial charge on any atom is 0.175 e. The molecule has 21 heavy (non-hydrogen) atoms. The predicted octanol–water partition coefficient (Wildman–Crippen LogP) is 2.23. The van der Waals surface area contributed by atoms with Crippen molar-refractivity contribution in [2.45, 2.75) is 18.2 Å². The first kappa shape index (κ1) is 15.2. The van der Waals surface area contributed by atoms with Crippen LogP contribution < -0.4 is 10.6 Å². The highest BCUT2D eigenvalue weighted by atomic mass is 32.2. The van der Waals surface area contributed by atoms with E-state index >= 15 is 0 Å². The van der Waals surface area contributed by atoms with E-state index in [0.717, 1.165) is 23.8 Å². The van der Waals surface area contributed by atoms with Crippen molar-refractivity contribution in [2.24, 2.45) is 0 Å². The monoisotopic (exact) mass is 306 g/mol. The fourth-order valence-electron chi connectivity index (χ4n) is 1.78. The number of sulfone groups is 1. The van der Waals surface area contributed by atoms with E-state index in [4.69, 9.17) is 0 Å². The normalized spacial score (nSPS) is 11.2. The molecule has 112 valence electrons. The lowest BCUT2D eigenvalue weighted by Crippen LogP contribution is -2.03. The summed E-state index contributed by atoms with van der Waals surface area (Å²) in [5, 5.41) is 6.13. The Morgan fingerprint density at radius 3 is 2.24 bits per heavy atom. The molecule has 0 bridgehead atoms. The lowest BCUT2D eigenvalue weighted by Gasteiger charge is -2.09. The van der Waals surface area contributed by atoms with Crippen molar-refractivity contribution >= 4 is 27.2 Å². The zero-order valence-electron chi connectivity index (χ0n) is 12.2. The van der Waals surface area contributed by atoms with Crippen LogP contribution in [0.4, 0.5) is 17.3 Å². The van der Waals surface area contributed by atoms with Crippen LogP contribution in [0.1, 0.15) is 12.7 Å². The summed E-state index contributed by atoms with van der Waals surface area (Å²) in [5.74, 6) is 2.13. The van der Waals surface area contributed by atoms with Gasteiger partial charge in [0.2, 0.25) is 0 Å². The van der Waals surface area contributed by atoms with Gasteiger partial charge in [0.15, 0.2) is 9.84 Å². The molecule has 1 aromatic carbocycles. The fraction of sp³-hybridized carbons (Fsp3) is 0.286. The topological polar surface area (TPSA) is 84.0 Å². The van der Waals surface area contributed by atoms with Crippen LogP contribution in [0.2, 0.25) is 0 Å². The quantitative estimate of drug-likeness (QED) is 0.881. The highest BCUT2D eigenvalue weighted by molar-refractivity contribution is 7.90. The third kappa shape index (κ3) is 3.91. The molecule has 1 aromatic heterocycles. The number of anilines is 3. The number of nitrogens with zero attached hydrogens (tertiary/aromatic N) is 2.